The van der Waals surface area contributed by atoms with Gasteiger partial charge < -0.3 is 89.9 Å². The van der Waals surface area contributed by atoms with Crippen molar-refractivity contribution in [3.05, 3.63) is 24.3 Å². The fourth-order valence-corrected chi connectivity index (χ4v) is 11.5. The van der Waals surface area contributed by atoms with E-state index >= 15 is 0 Å². The van der Waals surface area contributed by atoms with Crippen LogP contribution in [0.4, 0.5) is 0 Å². The van der Waals surface area contributed by atoms with Crippen LogP contribution in [0.1, 0.15) is 251 Å². The molecular weight excluding hydrogens is 1080 g/mol. The highest BCUT2D eigenvalue weighted by Gasteiger charge is 2.53. The quantitative estimate of drug-likeness (QED) is 0.0204. The van der Waals surface area contributed by atoms with E-state index in [9.17, 15) is 61.0 Å². The second-order valence-corrected chi connectivity index (χ2v) is 24.3. The van der Waals surface area contributed by atoms with Gasteiger partial charge in [0.2, 0.25) is 5.91 Å². The van der Waals surface area contributed by atoms with Gasteiger partial charge in [-0.1, -0.05) is 237 Å². The van der Waals surface area contributed by atoms with Crippen molar-refractivity contribution in [2.45, 2.75) is 356 Å². The molecule has 0 aromatic heterocycles. The van der Waals surface area contributed by atoms with Crippen LogP contribution in [0.25, 0.3) is 0 Å². The van der Waals surface area contributed by atoms with Crippen molar-refractivity contribution in [2.24, 2.45) is 0 Å². The van der Waals surface area contributed by atoms with Gasteiger partial charge in [-0.05, 0) is 32.1 Å². The Labute approximate surface area is 505 Å². The number of ether oxygens (including phenoxy) is 6. The van der Waals surface area contributed by atoms with E-state index in [4.69, 9.17) is 28.4 Å². The van der Waals surface area contributed by atoms with Gasteiger partial charge in [0.15, 0.2) is 18.9 Å². The molecular formula is C65H121NO18. The summed E-state index contributed by atoms with van der Waals surface area (Å²) >= 11 is 0. The summed E-state index contributed by atoms with van der Waals surface area (Å²) in [5.41, 5.74) is 0. The largest absolute Gasteiger partial charge is 0.394 e. The van der Waals surface area contributed by atoms with E-state index in [-0.39, 0.29) is 18.9 Å². The Balaban J connectivity index is 1.38. The van der Waals surface area contributed by atoms with Gasteiger partial charge in [-0.15, -0.1) is 0 Å². The summed E-state index contributed by atoms with van der Waals surface area (Å²) in [7, 11) is 0. The van der Waals surface area contributed by atoms with E-state index in [0.29, 0.717) is 12.8 Å². The molecule has 0 radical (unpaired) electrons. The van der Waals surface area contributed by atoms with Gasteiger partial charge in [0.1, 0.15) is 73.2 Å². The highest BCUT2D eigenvalue weighted by atomic mass is 16.8. The van der Waals surface area contributed by atoms with Crippen molar-refractivity contribution in [1.29, 1.82) is 0 Å². The SMILES string of the molecule is CCCCCCC/C=C/CC/C=C/C(O)C(COC1OC(CO)C(OC2OC(CO)C(OC3OC(CO)C(O)C(O)C3O)C(O)C2O)C(O)C1O)NC(=O)CCCCCCCCCCCCCCCCCCCCCCCCCCCCCC. The van der Waals surface area contributed by atoms with E-state index in [1.165, 1.54) is 180 Å². The van der Waals surface area contributed by atoms with Crippen LogP contribution in [0, 0.1) is 0 Å². The fourth-order valence-electron chi connectivity index (χ4n) is 11.5. The molecule has 0 saturated carbocycles. The molecule has 3 aliphatic heterocycles. The van der Waals surface area contributed by atoms with Crippen molar-refractivity contribution in [1.82, 2.24) is 5.32 Å². The Kier molecular flexibility index (Phi) is 43.9. The van der Waals surface area contributed by atoms with E-state index in [1.54, 1.807) is 6.08 Å². The van der Waals surface area contributed by atoms with E-state index in [1.807, 2.05) is 6.08 Å². The molecule has 1 amide bonds. The van der Waals surface area contributed by atoms with Gasteiger partial charge >= 0.3 is 0 Å². The molecule has 19 nitrogen and oxygen atoms in total. The summed E-state index contributed by atoms with van der Waals surface area (Å²) in [5, 5.41) is 120. The molecule has 3 saturated heterocycles. The Morgan fingerprint density at radius 3 is 1.19 bits per heavy atom. The molecule has 17 atom stereocenters. The molecule has 0 aromatic carbocycles. The van der Waals surface area contributed by atoms with E-state index < -0.39 is 124 Å². The number of carbonyl (C=O) groups excluding carboxylic acids is 1. The molecule has 3 rings (SSSR count). The van der Waals surface area contributed by atoms with Gasteiger partial charge in [-0.2, -0.15) is 0 Å². The molecule has 84 heavy (non-hydrogen) atoms. The third-order valence-electron chi connectivity index (χ3n) is 17.0. The average molecular weight is 1200 g/mol. The Morgan fingerprint density at radius 2 is 0.762 bits per heavy atom. The number of hydrogen-bond donors (Lipinski definition) is 12. The molecule has 0 aliphatic carbocycles. The summed E-state index contributed by atoms with van der Waals surface area (Å²) in [6.07, 6.45) is 26.2. The minimum absolute atomic E-state index is 0.240. The van der Waals surface area contributed by atoms with Crippen LogP contribution in [0.15, 0.2) is 24.3 Å². The lowest BCUT2D eigenvalue weighted by molar-refractivity contribution is -0.379. The molecule has 12 N–H and O–H groups in total. The molecule has 0 spiro atoms. The normalized spacial score (nSPS) is 29.3. The van der Waals surface area contributed by atoms with Crippen LogP contribution < -0.4 is 5.32 Å². The number of unbranched alkanes of at least 4 members (excludes halogenated alkanes) is 33. The number of hydrogen-bond acceptors (Lipinski definition) is 18. The lowest BCUT2D eigenvalue weighted by Gasteiger charge is -2.48. The standard InChI is InChI=1S/C65H121NO18/c1-3-5-7-9-11-13-15-16-17-18-19-20-21-22-23-24-25-26-27-28-29-30-31-33-35-37-39-41-43-53(71)66-48(49(70)42-40-38-36-34-32-14-12-10-8-6-4-2)47-79-63-59(77)56(74)61(51(45-68)81-63)84-65-60(78)57(75)62(52(46-69)82-65)83-64-58(76)55(73)54(72)50(44-67)80-64/h32,34,40,42,48-52,54-65,67-70,72-78H,3-31,33,35-39,41,43-47H2,1-2H3,(H,66,71)/b34-32+,42-40+. The second kappa shape index (κ2) is 48.2. The third kappa shape index (κ3) is 30.7. The van der Waals surface area contributed by atoms with Crippen LogP contribution in [0.3, 0.4) is 0 Å². The minimum atomic E-state index is -1.98. The predicted octanol–water partition coefficient (Wildman–Crippen LogP) is 7.88. The smallest absolute Gasteiger partial charge is 0.220 e. The molecule has 3 heterocycles. The van der Waals surface area contributed by atoms with Crippen molar-refractivity contribution in [2.75, 3.05) is 26.4 Å². The molecule has 3 fully saturated rings. The number of nitrogens with one attached hydrogen (secondary N) is 1. The lowest BCUT2D eigenvalue weighted by Crippen LogP contribution is -2.66. The zero-order valence-electron chi connectivity index (χ0n) is 51.9. The highest BCUT2D eigenvalue weighted by Crippen LogP contribution is 2.33. The zero-order valence-corrected chi connectivity index (χ0v) is 51.9. The maximum Gasteiger partial charge on any atom is 0.220 e. The zero-order chi connectivity index (χ0) is 61.2. The summed E-state index contributed by atoms with van der Waals surface area (Å²) in [6, 6.07) is -0.985. The first kappa shape index (κ1) is 76.5. The maximum atomic E-state index is 13.3. The lowest BCUT2D eigenvalue weighted by atomic mass is 9.96. The summed E-state index contributed by atoms with van der Waals surface area (Å²) in [4.78, 5) is 13.3. The first-order valence-electron chi connectivity index (χ1n) is 33.6. The number of aliphatic hydroxyl groups excluding tert-OH is 11. The van der Waals surface area contributed by atoms with Crippen molar-refractivity contribution >= 4 is 5.91 Å². The van der Waals surface area contributed by atoms with E-state index in [0.717, 1.165) is 38.5 Å². The highest BCUT2D eigenvalue weighted by molar-refractivity contribution is 5.76. The predicted molar refractivity (Wildman–Crippen MR) is 323 cm³/mol. The van der Waals surface area contributed by atoms with Crippen LogP contribution >= 0.6 is 0 Å². The molecule has 494 valence electrons. The average Bonchev–Trinajstić information content (AvgIpc) is 3.61. The number of carbonyl (C=O) groups is 1. The summed E-state index contributed by atoms with van der Waals surface area (Å²) < 4.78 is 34.2. The van der Waals surface area contributed by atoms with Crippen LogP contribution in [-0.4, -0.2) is 193 Å². The maximum absolute atomic E-state index is 13.3. The summed E-state index contributed by atoms with van der Waals surface area (Å²) in [5.74, 6) is -0.283. The summed E-state index contributed by atoms with van der Waals surface area (Å²) in [6.45, 7) is 1.70. The van der Waals surface area contributed by atoms with Crippen LogP contribution in [0.2, 0.25) is 0 Å². The molecule has 0 aromatic rings. The van der Waals surface area contributed by atoms with Gasteiger partial charge in [-0.3, -0.25) is 4.79 Å². The number of allylic oxidation sites excluding steroid dienone is 3. The van der Waals surface area contributed by atoms with Crippen LogP contribution in [-0.2, 0) is 33.2 Å². The molecule has 19 heteroatoms. The van der Waals surface area contributed by atoms with E-state index in [2.05, 4.69) is 31.3 Å². The number of aliphatic hydroxyl groups is 11. The molecule has 17 unspecified atom stereocenters. The van der Waals surface area contributed by atoms with Gasteiger partial charge in [0.05, 0.1) is 38.6 Å². The topological polar surface area (TPSA) is 307 Å². The third-order valence-corrected chi connectivity index (χ3v) is 17.0. The second-order valence-electron chi connectivity index (χ2n) is 24.3. The fraction of sp³-hybridized carbons (Fsp3) is 0.923. The molecule has 0 bridgehead atoms. The van der Waals surface area contributed by atoms with Crippen molar-refractivity contribution in [3.63, 3.8) is 0 Å². The Morgan fingerprint density at radius 1 is 0.417 bits per heavy atom. The van der Waals surface area contributed by atoms with Crippen LogP contribution in [0.5, 0.6) is 0 Å². The van der Waals surface area contributed by atoms with Gasteiger partial charge in [-0.25, -0.2) is 0 Å². The van der Waals surface area contributed by atoms with Gasteiger partial charge in [0, 0.05) is 6.42 Å². The monoisotopic (exact) mass is 1200 g/mol. The van der Waals surface area contributed by atoms with Crippen molar-refractivity contribution in [3.8, 4) is 0 Å². The van der Waals surface area contributed by atoms with Crippen molar-refractivity contribution < 1.29 is 89.4 Å². The first-order chi connectivity index (χ1) is 40.8. The number of amides is 1. The number of rotatable bonds is 51. The first-order valence-corrected chi connectivity index (χ1v) is 33.6. The minimum Gasteiger partial charge on any atom is -0.394 e. The Bertz CT molecular complexity index is 1630. The van der Waals surface area contributed by atoms with Gasteiger partial charge in [0.25, 0.3) is 0 Å². The Hall–Kier alpha value is -1.73. The molecule has 3 aliphatic rings.